The lowest BCUT2D eigenvalue weighted by molar-refractivity contribution is 0.0415. The molecule has 66 heavy (non-hydrogen) atoms. The van der Waals surface area contributed by atoms with E-state index >= 15 is 0 Å². The smallest absolute Gasteiger partial charge is 0.0680 e. The van der Waals surface area contributed by atoms with Crippen LogP contribution in [0.2, 0.25) is 0 Å². The Morgan fingerprint density at radius 3 is 1.61 bits per heavy atom. The third-order valence-corrected chi connectivity index (χ3v) is 23.3. The van der Waals surface area contributed by atoms with Crippen molar-refractivity contribution in [1.29, 1.82) is 0 Å². The SMILES string of the molecule is Cc1cc(C)c(B(c2cccc(-c3ccc(C45CC6(c7ccc([Si]8(c9ccccc9)c9ccccc9-c9ccccc98)cc7)CC7CC4(C5)C7C6)cc3)c2)c2c(C)cc(C)cc2C)c(C)c1. The lowest BCUT2D eigenvalue weighted by Gasteiger charge is -2.49. The summed E-state index contributed by atoms with van der Waals surface area (Å²) in [7, 11) is -2.49. The van der Waals surface area contributed by atoms with Gasteiger partial charge >= 0.3 is 0 Å². The van der Waals surface area contributed by atoms with Crippen LogP contribution in [0.1, 0.15) is 76.6 Å². The molecule has 1 heterocycles. The van der Waals surface area contributed by atoms with Crippen molar-refractivity contribution >= 4 is 51.9 Å². The van der Waals surface area contributed by atoms with Crippen molar-refractivity contribution in [3.8, 4) is 22.3 Å². The fourth-order valence-electron chi connectivity index (χ4n) is 16.1. The standard InChI is InChI=1S/C64H59BSi/c1-41-31-43(3)60(44(4)32-41)65(61-45(5)33-42(2)34-46(61)6)52-16-14-15-48(35-52)47-23-25-51(26-24-47)64-39-62(36-49-37-63(64,40-64)57(49)38-62)50-27-29-54(30-28-50)66(53-17-8-7-9-18-53)58-21-12-10-19-55(58)56-20-11-13-22-59(56)66/h7-35,49,57H,36-40H2,1-6H3. The minimum Gasteiger partial charge on any atom is -0.0680 e. The predicted molar refractivity (Wildman–Crippen MR) is 283 cm³/mol. The normalized spacial score (nSPS) is 24.5. The first-order valence-electron chi connectivity index (χ1n) is 24.8. The van der Waals surface area contributed by atoms with Gasteiger partial charge in [0.2, 0.25) is 6.71 Å². The van der Waals surface area contributed by atoms with Gasteiger partial charge in [-0.1, -0.05) is 226 Å². The second-order valence-corrected chi connectivity index (χ2v) is 25.6. The molecule has 1 spiro atoms. The Bertz CT molecular complexity index is 3120. The molecule has 4 fully saturated rings. The van der Waals surface area contributed by atoms with E-state index in [1.807, 2.05) is 0 Å². The number of benzene rings is 8. The van der Waals surface area contributed by atoms with Crippen LogP contribution in [0.4, 0.5) is 0 Å². The van der Waals surface area contributed by atoms with Crippen LogP contribution < -0.4 is 37.1 Å². The first kappa shape index (κ1) is 40.3. The molecule has 5 aliphatic rings. The summed E-state index contributed by atoms with van der Waals surface area (Å²) < 4.78 is 0. The highest BCUT2D eigenvalue weighted by atomic mass is 28.3. The molecule has 2 bridgehead atoms. The minimum absolute atomic E-state index is 0.168. The van der Waals surface area contributed by atoms with Crippen molar-refractivity contribution in [2.75, 3.05) is 0 Å². The van der Waals surface area contributed by atoms with Crippen LogP contribution in [0.5, 0.6) is 0 Å². The van der Waals surface area contributed by atoms with E-state index in [9.17, 15) is 0 Å². The van der Waals surface area contributed by atoms with E-state index < -0.39 is 8.07 Å². The molecule has 0 saturated heterocycles. The Morgan fingerprint density at radius 2 is 1.00 bits per heavy atom. The van der Waals surface area contributed by atoms with Crippen LogP contribution in [-0.4, -0.2) is 14.8 Å². The number of fused-ring (bicyclic) bond motifs is 4. The van der Waals surface area contributed by atoms with Gasteiger partial charge in [-0.2, -0.15) is 0 Å². The zero-order valence-electron chi connectivity index (χ0n) is 39.5. The minimum atomic E-state index is -2.49. The Morgan fingerprint density at radius 1 is 0.455 bits per heavy atom. The molecule has 2 heteroatoms. The van der Waals surface area contributed by atoms with Crippen molar-refractivity contribution in [1.82, 2.24) is 0 Å². The lowest BCUT2D eigenvalue weighted by atomic mass is 9.34. The Hall–Kier alpha value is -5.96. The maximum Gasteiger partial charge on any atom is 0.242 e. The summed E-state index contributed by atoms with van der Waals surface area (Å²) >= 11 is 0. The monoisotopic (exact) mass is 866 g/mol. The van der Waals surface area contributed by atoms with Gasteiger partial charge in [-0.25, -0.2) is 0 Å². The Balaban J connectivity index is 0.847. The first-order chi connectivity index (χ1) is 32.0. The number of rotatable bonds is 8. The summed E-state index contributed by atoms with van der Waals surface area (Å²) in [6.07, 6.45) is 6.83. The maximum absolute atomic E-state index is 2.60. The first-order valence-corrected chi connectivity index (χ1v) is 26.8. The second kappa shape index (κ2) is 14.3. The average Bonchev–Trinajstić information content (AvgIpc) is 3.86. The molecule has 0 amide bonds. The van der Waals surface area contributed by atoms with Crippen molar-refractivity contribution in [2.45, 2.75) is 84.5 Å². The molecule has 4 saturated carbocycles. The topological polar surface area (TPSA) is 0 Å². The van der Waals surface area contributed by atoms with Crippen molar-refractivity contribution in [2.24, 2.45) is 17.3 Å². The van der Waals surface area contributed by atoms with Gasteiger partial charge in [-0.05, 0) is 150 Å². The highest BCUT2D eigenvalue weighted by Crippen LogP contribution is 2.89. The van der Waals surface area contributed by atoms with Gasteiger partial charge in [0, 0.05) is 5.41 Å². The van der Waals surface area contributed by atoms with Crippen LogP contribution in [0.15, 0.2) is 176 Å². The number of hydrogen-bond donors (Lipinski definition) is 0. The third kappa shape index (κ3) is 5.46. The van der Waals surface area contributed by atoms with Gasteiger partial charge in [-0.3, -0.25) is 0 Å². The Kier molecular flexibility index (Phi) is 8.72. The van der Waals surface area contributed by atoms with Crippen LogP contribution in [0, 0.1) is 58.8 Å². The van der Waals surface area contributed by atoms with Crippen LogP contribution in [0.25, 0.3) is 22.3 Å². The molecule has 0 aromatic heterocycles. The van der Waals surface area contributed by atoms with Gasteiger partial charge in [0.15, 0.2) is 8.07 Å². The van der Waals surface area contributed by atoms with Gasteiger partial charge in [0.05, 0.1) is 0 Å². The molecule has 1 aliphatic heterocycles. The average molecular weight is 867 g/mol. The summed E-state index contributed by atoms with van der Waals surface area (Å²) in [5.74, 6) is 1.74. The molecule has 5 atom stereocenters. The molecule has 322 valence electrons. The Labute approximate surface area is 394 Å². The molecule has 5 unspecified atom stereocenters. The molecule has 0 radical (unpaired) electrons. The van der Waals surface area contributed by atoms with E-state index in [1.165, 1.54) is 125 Å². The zero-order valence-corrected chi connectivity index (χ0v) is 40.5. The fraction of sp³-hybridized carbons (Fsp3) is 0.250. The van der Waals surface area contributed by atoms with E-state index in [2.05, 4.69) is 217 Å². The zero-order chi connectivity index (χ0) is 44.7. The fourth-order valence-corrected chi connectivity index (χ4v) is 21.3. The third-order valence-electron chi connectivity index (χ3n) is 18.4. The molecular formula is C64H59BSi. The van der Waals surface area contributed by atoms with Crippen LogP contribution in [0.3, 0.4) is 0 Å². The number of hydrogen-bond acceptors (Lipinski definition) is 0. The summed E-state index contributed by atoms with van der Waals surface area (Å²) in [6.45, 7) is 13.9. The van der Waals surface area contributed by atoms with Gasteiger partial charge in [-0.15, -0.1) is 0 Å². The van der Waals surface area contributed by atoms with Crippen LogP contribution >= 0.6 is 0 Å². The second-order valence-electron chi connectivity index (χ2n) is 21.9. The van der Waals surface area contributed by atoms with E-state index in [4.69, 9.17) is 0 Å². The quantitative estimate of drug-likeness (QED) is 0.134. The molecular weight excluding hydrogens is 808 g/mol. The van der Waals surface area contributed by atoms with E-state index in [0.717, 1.165) is 11.8 Å². The van der Waals surface area contributed by atoms with Crippen molar-refractivity contribution in [3.05, 3.63) is 220 Å². The lowest BCUT2D eigenvalue weighted by Crippen LogP contribution is -2.72. The van der Waals surface area contributed by atoms with E-state index in [1.54, 1.807) is 11.1 Å². The molecule has 0 N–H and O–H groups in total. The molecule has 0 nitrogen and oxygen atoms in total. The number of aryl methyl sites for hydroxylation is 6. The van der Waals surface area contributed by atoms with E-state index in [-0.39, 0.29) is 17.5 Å². The summed E-state index contributed by atoms with van der Waals surface area (Å²) in [4.78, 5) is 0. The van der Waals surface area contributed by atoms with Gasteiger partial charge < -0.3 is 0 Å². The van der Waals surface area contributed by atoms with Crippen molar-refractivity contribution in [3.63, 3.8) is 0 Å². The van der Waals surface area contributed by atoms with E-state index in [0.29, 0.717) is 5.41 Å². The highest BCUT2D eigenvalue weighted by Gasteiger charge is 2.83. The summed E-state index contributed by atoms with van der Waals surface area (Å²) in [5, 5.41) is 6.06. The van der Waals surface area contributed by atoms with Gasteiger partial charge in [0.1, 0.15) is 0 Å². The van der Waals surface area contributed by atoms with Crippen LogP contribution in [-0.2, 0) is 10.8 Å². The van der Waals surface area contributed by atoms with Crippen molar-refractivity contribution < 1.29 is 0 Å². The molecule has 8 aromatic carbocycles. The largest absolute Gasteiger partial charge is 0.242 e. The summed E-state index contributed by atoms with van der Waals surface area (Å²) in [6, 6.07) is 69.5. The summed E-state index contributed by atoms with van der Waals surface area (Å²) in [5.41, 5.74) is 22.1. The molecule has 4 aliphatic carbocycles. The van der Waals surface area contributed by atoms with Gasteiger partial charge in [0.25, 0.3) is 0 Å². The maximum atomic E-state index is 2.60. The molecule has 8 aromatic rings. The highest BCUT2D eigenvalue weighted by molar-refractivity contribution is 7.22. The molecule has 13 rings (SSSR count). The predicted octanol–water partition coefficient (Wildman–Crippen LogP) is 10.5.